The van der Waals surface area contributed by atoms with Gasteiger partial charge in [-0.2, -0.15) is 5.10 Å². The molecule has 1 N–H and O–H groups in total. The zero-order valence-electron chi connectivity index (χ0n) is 12.3. The zero-order valence-corrected chi connectivity index (χ0v) is 12.3. The van der Waals surface area contributed by atoms with E-state index in [-0.39, 0.29) is 11.7 Å². The number of pyridine rings is 1. The predicted octanol–water partition coefficient (Wildman–Crippen LogP) is 2.74. The van der Waals surface area contributed by atoms with Crippen molar-refractivity contribution in [2.45, 2.75) is 13.0 Å². The Morgan fingerprint density at radius 2 is 2.00 bits per heavy atom. The monoisotopic (exact) mass is 310 g/mol. The minimum absolute atomic E-state index is 0.00810. The van der Waals surface area contributed by atoms with E-state index < -0.39 is 4.92 Å². The number of rotatable bonds is 5. The van der Waals surface area contributed by atoms with Gasteiger partial charge in [-0.3, -0.25) is 10.1 Å². The van der Waals surface area contributed by atoms with Crippen LogP contribution in [0, 0.1) is 10.1 Å². The lowest BCUT2D eigenvalue weighted by Crippen LogP contribution is -2.08. The van der Waals surface area contributed by atoms with Gasteiger partial charge in [-0.15, -0.1) is 0 Å². The van der Waals surface area contributed by atoms with Crippen LogP contribution in [-0.4, -0.2) is 24.7 Å². The molecule has 1 atom stereocenters. The fraction of sp³-hybridized carbons (Fsp3) is 0.133. The van der Waals surface area contributed by atoms with E-state index in [9.17, 15) is 10.1 Å². The highest BCUT2D eigenvalue weighted by atomic mass is 16.6. The Bertz CT molecular complexity index is 784. The molecule has 0 aliphatic heterocycles. The lowest BCUT2D eigenvalue weighted by molar-refractivity contribution is -0.385. The van der Waals surface area contributed by atoms with E-state index in [4.69, 9.17) is 0 Å². The van der Waals surface area contributed by atoms with Crippen LogP contribution in [0.25, 0.3) is 5.69 Å². The Kier molecular flexibility index (Phi) is 3.96. The Morgan fingerprint density at radius 1 is 1.22 bits per heavy atom. The van der Waals surface area contributed by atoms with Crippen molar-refractivity contribution in [3.05, 3.63) is 70.9 Å². The van der Waals surface area contributed by atoms with Crippen LogP contribution in [-0.2, 0) is 0 Å². The van der Waals surface area contributed by atoms with Crippen LogP contribution in [0.2, 0.25) is 0 Å². The van der Waals surface area contributed by atoms with Crippen LogP contribution >= 0.6 is 0 Å². The fourth-order valence-corrected chi connectivity index (χ4v) is 2.14. The van der Waals surface area contributed by atoms with Gasteiger partial charge in [0.1, 0.15) is 24.7 Å². The largest absolute Gasteiger partial charge is 0.364 e. The Balaban J connectivity index is 1.70. The van der Waals surface area contributed by atoms with Gasteiger partial charge in [0.05, 0.1) is 10.6 Å². The van der Waals surface area contributed by atoms with Crippen molar-refractivity contribution in [3.63, 3.8) is 0 Å². The van der Waals surface area contributed by atoms with Crippen molar-refractivity contribution in [2.24, 2.45) is 0 Å². The summed E-state index contributed by atoms with van der Waals surface area (Å²) in [5, 5.41) is 17.9. The molecule has 8 nitrogen and oxygen atoms in total. The maximum atomic E-state index is 10.6. The highest BCUT2D eigenvalue weighted by Crippen LogP contribution is 2.20. The minimum Gasteiger partial charge on any atom is -0.364 e. The third-order valence-corrected chi connectivity index (χ3v) is 3.40. The van der Waals surface area contributed by atoms with Gasteiger partial charge >= 0.3 is 0 Å². The maximum Gasteiger partial charge on any atom is 0.287 e. The normalized spacial score (nSPS) is 11.9. The summed E-state index contributed by atoms with van der Waals surface area (Å²) in [7, 11) is 0. The predicted molar refractivity (Wildman–Crippen MR) is 84.3 cm³/mol. The van der Waals surface area contributed by atoms with Crippen molar-refractivity contribution in [1.29, 1.82) is 0 Å². The van der Waals surface area contributed by atoms with E-state index in [1.54, 1.807) is 17.1 Å². The number of anilines is 1. The lowest BCUT2D eigenvalue weighted by atomic mass is 10.1. The Labute approximate surface area is 132 Å². The van der Waals surface area contributed by atoms with Crippen LogP contribution in [0.15, 0.2) is 55.2 Å². The van der Waals surface area contributed by atoms with Gasteiger partial charge in [-0.25, -0.2) is 14.6 Å². The molecule has 2 heterocycles. The van der Waals surface area contributed by atoms with Crippen molar-refractivity contribution in [3.8, 4) is 5.69 Å². The van der Waals surface area contributed by atoms with Gasteiger partial charge in [-0.05, 0) is 30.7 Å². The SMILES string of the molecule is CC(Nc1ccc([N+](=O)[O-])cn1)c1ccc(-n2cncn2)cc1. The van der Waals surface area contributed by atoms with Crippen LogP contribution < -0.4 is 5.32 Å². The summed E-state index contributed by atoms with van der Waals surface area (Å²) < 4.78 is 1.68. The molecule has 8 heteroatoms. The second-order valence-electron chi connectivity index (χ2n) is 4.96. The molecule has 0 amide bonds. The quantitative estimate of drug-likeness (QED) is 0.574. The summed E-state index contributed by atoms with van der Waals surface area (Å²) in [6.07, 6.45) is 4.36. The zero-order chi connectivity index (χ0) is 16.2. The number of nitro groups is 1. The Hall–Kier alpha value is -3.29. The average Bonchev–Trinajstić information content (AvgIpc) is 3.10. The molecule has 23 heavy (non-hydrogen) atoms. The summed E-state index contributed by atoms with van der Waals surface area (Å²) in [4.78, 5) is 18.1. The van der Waals surface area contributed by atoms with Gasteiger partial charge in [-0.1, -0.05) is 12.1 Å². The van der Waals surface area contributed by atoms with E-state index in [0.717, 1.165) is 11.3 Å². The first-order valence-electron chi connectivity index (χ1n) is 6.95. The number of hydrogen-bond acceptors (Lipinski definition) is 6. The van der Waals surface area contributed by atoms with Crippen LogP contribution in [0.1, 0.15) is 18.5 Å². The van der Waals surface area contributed by atoms with Gasteiger partial charge in [0, 0.05) is 12.1 Å². The number of nitrogens with zero attached hydrogens (tertiary/aromatic N) is 5. The Morgan fingerprint density at radius 3 is 2.57 bits per heavy atom. The summed E-state index contributed by atoms with van der Waals surface area (Å²) >= 11 is 0. The van der Waals surface area contributed by atoms with Gasteiger partial charge in [0.15, 0.2) is 0 Å². The first-order valence-corrected chi connectivity index (χ1v) is 6.95. The van der Waals surface area contributed by atoms with Gasteiger partial charge < -0.3 is 5.32 Å². The highest BCUT2D eigenvalue weighted by molar-refractivity contribution is 5.43. The number of nitrogens with one attached hydrogen (secondary N) is 1. The minimum atomic E-state index is -0.469. The fourth-order valence-electron chi connectivity index (χ4n) is 2.14. The average molecular weight is 310 g/mol. The summed E-state index contributed by atoms with van der Waals surface area (Å²) in [6.45, 7) is 1.99. The van der Waals surface area contributed by atoms with E-state index in [1.807, 2.05) is 31.2 Å². The van der Waals surface area contributed by atoms with Crippen molar-refractivity contribution >= 4 is 11.5 Å². The summed E-state index contributed by atoms with van der Waals surface area (Å²) in [6, 6.07) is 10.9. The van der Waals surface area contributed by atoms with Gasteiger partial charge in [0.2, 0.25) is 0 Å². The van der Waals surface area contributed by atoms with E-state index in [2.05, 4.69) is 20.4 Å². The molecule has 1 unspecified atom stereocenters. The molecule has 3 rings (SSSR count). The molecule has 0 aliphatic carbocycles. The van der Waals surface area contributed by atoms with E-state index in [0.29, 0.717) is 5.82 Å². The van der Waals surface area contributed by atoms with Crippen LogP contribution in [0.3, 0.4) is 0 Å². The molecule has 1 aromatic carbocycles. The molecule has 0 saturated carbocycles. The van der Waals surface area contributed by atoms with E-state index >= 15 is 0 Å². The third kappa shape index (κ3) is 3.31. The number of aromatic nitrogens is 4. The smallest absolute Gasteiger partial charge is 0.287 e. The highest BCUT2D eigenvalue weighted by Gasteiger charge is 2.09. The molecule has 0 fully saturated rings. The lowest BCUT2D eigenvalue weighted by Gasteiger charge is -2.15. The molecule has 0 radical (unpaired) electrons. The first kappa shape index (κ1) is 14.6. The number of hydrogen-bond donors (Lipinski definition) is 1. The standard InChI is InChI=1S/C15H14N6O2/c1-11(19-15-7-6-14(8-17-15)21(22)23)12-2-4-13(5-3-12)20-10-16-9-18-20/h2-11H,1H3,(H,17,19). The molecular weight excluding hydrogens is 296 g/mol. The van der Waals surface area contributed by atoms with Gasteiger partial charge in [0.25, 0.3) is 5.69 Å². The second kappa shape index (κ2) is 6.22. The molecule has 0 saturated heterocycles. The summed E-state index contributed by atoms with van der Waals surface area (Å²) in [5.41, 5.74) is 1.96. The molecule has 2 aromatic heterocycles. The molecule has 0 spiro atoms. The van der Waals surface area contributed by atoms with Crippen LogP contribution in [0.5, 0.6) is 0 Å². The molecule has 3 aromatic rings. The molecule has 0 aliphatic rings. The first-order chi connectivity index (χ1) is 11.1. The van der Waals surface area contributed by atoms with E-state index in [1.165, 1.54) is 18.6 Å². The topological polar surface area (TPSA) is 98.8 Å². The molecule has 0 bridgehead atoms. The maximum absolute atomic E-state index is 10.6. The second-order valence-corrected chi connectivity index (χ2v) is 4.96. The summed E-state index contributed by atoms with van der Waals surface area (Å²) in [5.74, 6) is 0.587. The molecular formula is C15H14N6O2. The van der Waals surface area contributed by atoms with Crippen molar-refractivity contribution in [2.75, 3.05) is 5.32 Å². The van der Waals surface area contributed by atoms with Crippen molar-refractivity contribution < 1.29 is 4.92 Å². The van der Waals surface area contributed by atoms with Crippen LogP contribution in [0.4, 0.5) is 11.5 Å². The van der Waals surface area contributed by atoms with Crippen molar-refractivity contribution in [1.82, 2.24) is 19.7 Å². The number of benzene rings is 1. The third-order valence-electron chi connectivity index (χ3n) is 3.40. The molecule has 116 valence electrons.